The number of hydrogen-bond acceptors (Lipinski definition) is 5. The molecule has 1 aliphatic carbocycles. The molecular weight excluding hydrogens is 448 g/mol. The summed E-state index contributed by atoms with van der Waals surface area (Å²) in [7, 11) is 1.92. The molecule has 2 aromatic carbocycles. The zero-order valence-electron chi connectivity index (χ0n) is 20.1. The zero-order valence-corrected chi connectivity index (χ0v) is 20.9. The van der Waals surface area contributed by atoms with Gasteiger partial charge >= 0.3 is 0 Å². The SMILES string of the molecule is CCN(Cc1cccc2c1OCCO2)C(=O)c1ccccc1SCC(=O)N(C)C1CCCCC1. The van der Waals surface area contributed by atoms with E-state index < -0.39 is 0 Å². The molecular formula is C27H34N2O4S. The Balaban J connectivity index is 1.44. The Bertz CT molecular complexity index is 1010. The number of nitrogens with zero attached hydrogens (tertiary/aromatic N) is 2. The standard InChI is InChI=1S/C27H34N2O4S/c1-3-29(18-20-10-9-14-23-26(20)33-17-16-32-23)27(31)22-13-7-8-15-24(22)34-19-25(30)28(2)21-11-5-4-6-12-21/h7-10,13-15,21H,3-6,11-12,16-19H2,1-2H3. The van der Waals surface area contributed by atoms with E-state index in [1.807, 2.05) is 66.2 Å². The van der Waals surface area contributed by atoms with E-state index in [1.165, 1.54) is 31.0 Å². The summed E-state index contributed by atoms with van der Waals surface area (Å²) in [5, 5.41) is 0. The van der Waals surface area contributed by atoms with Crippen LogP contribution in [0.3, 0.4) is 0 Å². The summed E-state index contributed by atoms with van der Waals surface area (Å²) < 4.78 is 11.5. The number of benzene rings is 2. The van der Waals surface area contributed by atoms with Crippen molar-refractivity contribution in [2.75, 3.05) is 32.6 Å². The van der Waals surface area contributed by atoms with Crippen LogP contribution in [0.5, 0.6) is 11.5 Å². The molecule has 0 aromatic heterocycles. The van der Waals surface area contributed by atoms with Crippen molar-refractivity contribution in [1.29, 1.82) is 0 Å². The number of carbonyl (C=O) groups excluding carboxylic acids is 2. The first kappa shape index (κ1) is 24.5. The fourth-order valence-electron chi connectivity index (χ4n) is 4.64. The Morgan fingerprint density at radius 1 is 1.00 bits per heavy atom. The van der Waals surface area contributed by atoms with Crippen LogP contribution in [0.25, 0.3) is 0 Å². The molecule has 0 unspecified atom stereocenters. The van der Waals surface area contributed by atoms with E-state index in [1.54, 1.807) is 0 Å². The van der Waals surface area contributed by atoms with Crippen molar-refractivity contribution >= 4 is 23.6 Å². The lowest BCUT2D eigenvalue weighted by Crippen LogP contribution is -2.39. The minimum atomic E-state index is -0.0481. The first-order valence-electron chi connectivity index (χ1n) is 12.2. The Labute approximate surface area is 206 Å². The average Bonchev–Trinajstić information content (AvgIpc) is 2.90. The molecule has 182 valence electrons. The second-order valence-electron chi connectivity index (χ2n) is 8.84. The molecule has 2 amide bonds. The van der Waals surface area contributed by atoms with Crippen LogP contribution in [-0.4, -0.2) is 60.2 Å². The van der Waals surface area contributed by atoms with Crippen molar-refractivity contribution in [3.63, 3.8) is 0 Å². The minimum Gasteiger partial charge on any atom is -0.486 e. The van der Waals surface area contributed by atoms with Crippen LogP contribution in [-0.2, 0) is 11.3 Å². The highest BCUT2D eigenvalue weighted by Crippen LogP contribution is 2.35. The van der Waals surface area contributed by atoms with Gasteiger partial charge < -0.3 is 19.3 Å². The summed E-state index contributed by atoms with van der Waals surface area (Å²) in [6, 6.07) is 13.7. The maximum Gasteiger partial charge on any atom is 0.255 e. The molecule has 0 N–H and O–H groups in total. The average molecular weight is 483 g/mol. The van der Waals surface area contributed by atoms with E-state index in [0.717, 1.165) is 34.8 Å². The smallest absolute Gasteiger partial charge is 0.255 e. The monoisotopic (exact) mass is 482 g/mol. The van der Waals surface area contributed by atoms with Crippen LogP contribution in [0.2, 0.25) is 0 Å². The number of carbonyl (C=O) groups is 2. The highest BCUT2D eigenvalue weighted by molar-refractivity contribution is 8.00. The third-order valence-corrected chi connectivity index (χ3v) is 7.72. The third-order valence-electron chi connectivity index (χ3n) is 6.66. The summed E-state index contributed by atoms with van der Waals surface area (Å²) in [6.45, 7) is 4.01. The first-order chi connectivity index (χ1) is 16.6. The molecule has 6 nitrogen and oxygen atoms in total. The van der Waals surface area contributed by atoms with Crippen LogP contribution >= 0.6 is 11.8 Å². The molecule has 2 aliphatic rings. The van der Waals surface area contributed by atoms with Gasteiger partial charge in [0.05, 0.1) is 11.3 Å². The highest BCUT2D eigenvalue weighted by atomic mass is 32.2. The molecule has 1 aliphatic heterocycles. The molecule has 2 aromatic rings. The molecule has 4 rings (SSSR count). The number of rotatable bonds is 8. The van der Waals surface area contributed by atoms with Gasteiger partial charge in [-0.25, -0.2) is 0 Å². The van der Waals surface area contributed by atoms with Gasteiger partial charge in [0.25, 0.3) is 5.91 Å². The zero-order chi connectivity index (χ0) is 23.9. The van der Waals surface area contributed by atoms with Crippen molar-refractivity contribution in [2.24, 2.45) is 0 Å². The van der Waals surface area contributed by atoms with Crippen LogP contribution in [0.1, 0.15) is 54.9 Å². The molecule has 1 heterocycles. The summed E-state index contributed by atoms with van der Waals surface area (Å²) in [4.78, 5) is 30.9. The Morgan fingerprint density at radius 2 is 1.76 bits per heavy atom. The number of thioether (sulfide) groups is 1. The van der Waals surface area contributed by atoms with Gasteiger partial charge in [0.2, 0.25) is 5.91 Å². The predicted molar refractivity (Wildman–Crippen MR) is 135 cm³/mol. The second kappa shape index (κ2) is 11.6. The molecule has 0 bridgehead atoms. The summed E-state index contributed by atoms with van der Waals surface area (Å²) in [5.74, 6) is 1.86. The van der Waals surface area contributed by atoms with Crippen molar-refractivity contribution < 1.29 is 19.1 Å². The van der Waals surface area contributed by atoms with Gasteiger partial charge in [-0.2, -0.15) is 0 Å². The number of hydrogen-bond donors (Lipinski definition) is 0. The van der Waals surface area contributed by atoms with E-state index in [2.05, 4.69) is 0 Å². The molecule has 34 heavy (non-hydrogen) atoms. The Hall–Kier alpha value is -2.67. The largest absolute Gasteiger partial charge is 0.486 e. The minimum absolute atomic E-state index is 0.0481. The second-order valence-corrected chi connectivity index (χ2v) is 9.86. The molecule has 0 saturated heterocycles. The fraction of sp³-hybridized carbons (Fsp3) is 0.481. The number of amides is 2. The van der Waals surface area contributed by atoms with Gasteiger partial charge in [0.15, 0.2) is 11.5 Å². The van der Waals surface area contributed by atoms with Crippen molar-refractivity contribution in [2.45, 2.75) is 56.5 Å². The Morgan fingerprint density at radius 3 is 2.56 bits per heavy atom. The fourth-order valence-corrected chi connectivity index (χ4v) is 5.61. The van der Waals surface area contributed by atoms with E-state index in [4.69, 9.17) is 9.47 Å². The van der Waals surface area contributed by atoms with Gasteiger partial charge in [0.1, 0.15) is 13.2 Å². The lowest BCUT2D eigenvalue weighted by molar-refractivity contribution is -0.129. The molecule has 1 fully saturated rings. The quantitative estimate of drug-likeness (QED) is 0.496. The highest BCUT2D eigenvalue weighted by Gasteiger charge is 2.24. The topological polar surface area (TPSA) is 59.1 Å². The van der Waals surface area contributed by atoms with E-state index in [0.29, 0.717) is 43.7 Å². The lowest BCUT2D eigenvalue weighted by Gasteiger charge is -2.31. The van der Waals surface area contributed by atoms with Gasteiger partial charge in [-0.05, 0) is 38.0 Å². The van der Waals surface area contributed by atoms with E-state index in [9.17, 15) is 9.59 Å². The van der Waals surface area contributed by atoms with E-state index >= 15 is 0 Å². The number of fused-ring (bicyclic) bond motifs is 1. The summed E-state index contributed by atoms with van der Waals surface area (Å²) in [5.41, 5.74) is 1.56. The summed E-state index contributed by atoms with van der Waals surface area (Å²) >= 11 is 1.45. The van der Waals surface area contributed by atoms with Crippen LogP contribution in [0.15, 0.2) is 47.4 Å². The van der Waals surface area contributed by atoms with E-state index in [-0.39, 0.29) is 11.8 Å². The normalized spacial score (nSPS) is 15.6. The molecule has 7 heteroatoms. The molecule has 1 saturated carbocycles. The summed E-state index contributed by atoms with van der Waals surface area (Å²) in [6.07, 6.45) is 5.83. The Kier molecular flexibility index (Phi) is 8.38. The van der Waals surface area contributed by atoms with Gasteiger partial charge in [-0.15, -0.1) is 11.8 Å². The van der Waals surface area contributed by atoms with Gasteiger partial charge in [0, 0.05) is 36.6 Å². The number of ether oxygens (including phenoxy) is 2. The van der Waals surface area contributed by atoms with Gasteiger partial charge in [-0.1, -0.05) is 43.5 Å². The molecule has 0 spiro atoms. The van der Waals surface area contributed by atoms with Crippen molar-refractivity contribution in [3.05, 3.63) is 53.6 Å². The number of para-hydroxylation sites is 1. The maximum absolute atomic E-state index is 13.5. The van der Waals surface area contributed by atoms with Crippen LogP contribution < -0.4 is 9.47 Å². The molecule has 0 atom stereocenters. The van der Waals surface area contributed by atoms with Crippen LogP contribution in [0, 0.1) is 0 Å². The van der Waals surface area contributed by atoms with Crippen molar-refractivity contribution in [1.82, 2.24) is 9.80 Å². The lowest BCUT2D eigenvalue weighted by atomic mass is 9.94. The third kappa shape index (κ3) is 5.69. The maximum atomic E-state index is 13.5. The predicted octanol–water partition coefficient (Wildman–Crippen LogP) is 5.00. The molecule has 0 radical (unpaired) electrons. The van der Waals surface area contributed by atoms with Crippen molar-refractivity contribution in [3.8, 4) is 11.5 Å². The van der Waals surface area contributed by atoms with Gasteiger partial charge in [-0.3, -0.25) is 9.59 Å². The van der Waals surface area contributed by atoms with Crippen LogP contribution in [0.4, 0.5) is 0 Å². The first-order valence-corrected chi connectivity index (χ1v) is 13.2.